The Labute approximate surface area is 91.0 Å². The maximum Gasteiger partial charge on any atom is 0.137 e. The fourth-order valence-electron chi connectivity index (χ4n) is 1.41. The Morgan fingerprint density at radius 2 is 2.21 bits per heavy atom. The van der Waals surface area contributed by atoms with Gasteiger partial charge in [-0.3, -0.25) is 0 Å². The quantitative estimate of drug-likeness (QED) is 0.851. The number of benzene rings is 1. The van der Waals surface area contributed by atoms with Crippen LogP contribution in [0.15, 0.2) is 16.6 Å². The SMILES string of the molecule is Cc1cc(F)c(Br)cc1NC1CNC1. The molecule has 14 heavy (non-hydrogen) atoms. The van der Waals surface area contributed by atoms with Crippen molar-refractivity contribution in [2.45, 2.75) is 13.0 Å². The van der Waals surface area contributed by atoms with Crippen LogP contribution in [0.2, 0.25) is 0 Å². The summed E-state index contributed by atoms with van der Waals surface area (Å²) in [6, 6.07) is 3.81. The fourth-order valence-corrected chi connectivity index (χ4v) is 1.76. The highest BCUT2D eigenvalue weighted by Gasteiger charge is 2.17. The van der Waals surface area contributed by atoms with Crippen molar-refractivity contribution in [2.75, 3.05) is 18.4 Å². The summed E-state index contributed by atoms with van der Waals surface area (Å²) >= 11 is 3.18. The molecule has 1 saturated heterocycles. The largest absolute Gasteiger partial charge is 0.379 e. The topological polar surface area (TPSA) is 24.1 Å². The minimum atomic E-state index is -0.209. The third kappa shape index (κ3) is 1.91. The van der Waals surface area contributed by atoms with Gasteiger partial charge in [0.05, 0.1) is 10.5 Å². The Kier molecular flexibility index (Phi) is 2.74. The molecule has 1 aliphatic heterocycles. The fraction of sp³-hybridized carbons (Fsp3) is 0.400. The van der Waals surface area contributed by atoms with E-state index in [9.17, 15) is 4.39 Å². The highest BCUT2D eigenvalue weighted by Crippen LogP contribution is 2.25. The first-order chi connectivity index (χ1) is 6.66. The first kappa shape index (κ1) is 9.93. The van der Waals surface area contributed by atoms with Crippen LogP contribution in [0.3, 0.4) is 0 Å². The van der Waals surface area contributed by atoms with Gasteiger partial charge in [-0.15, -0.1) is 0 Å². The van der Waals surface area contributed by atoms with Crippen LogP contribution < -0.4 is 10.6 Å². The summed E-state index contributed by atoms with van der Waals surface area (Å²) in [5.74, 6) is -0.209. The van der Waals surface area contributed by atoms with Crippen LogP contribution >= 0.6 is 15.9 Å². The minimum Gasteiger partial charge on any atom is -0.379 e. The molecule has 0 bridgehead atoms. The molecule has 2 N–H and O–H groups in total. The van der Waals surface area contributed by atoms with Crippen molar-refractivity contribution in [1.82, 2.24) is 5.32 Å². The van der Waals surface area contributed by atoms with Crippen molar-refractivity contribution in [1.29, 1.82) is 0 Å². The number of halogens is 2. The van der Waals surface area contributed by atoms with Crippen LogP contribution in [-0.2, 0) is 0 Å². The smallest absolute Gasteiger partial charge is 0.137 e. The summed E-state index contributed by atoms with van der Waals surface area (Å²) in [6.07, 6.45) is 0. The molecule has 0 aliphatic carbocycles. The standard InChI is InChI=1S/C10H12BrFN2/c1-6-2-9(12)8(11)3-10(6)14-7-4-13-5-7/h2-3,7,13-14H,4-5H2,1H3. The van der Waals surface area contributed by atoms with E-state index in [2.05, 4.69) is 26.6 Å². The van der Waals surface area contributed by atoms with E-state index >= 15 is 0 Å². The maximum atomic E-state index is 13.1. The highest BCUT2D eigenvalue weighted by atomic mass is 79.9. The van der Waals surface area contributed by atoms with Gasteiger partial charge < -0.3 is 10.6 Å². The van der Waals surface area contributed by atoms with Crippen LogP contribution in [-0.4, -0.2) is 19.1 Å². The molecule has 1 aromatic carbocycles. The zero-order chi connectivity index (χ0) is 10.1. The second-order valence-corrected chi connectivity index (χ2v) is 4.44. The van der Waals surface area contributed by atoms with E-state index in [-0.39, 0.29) is 5.82 Å². The third-order valence-corrected chi connectivity index (χ3v) is 3.02. The number of hydrogen-bond donors (Lipinski definition) is 2. The molecule has 0 amide bonds. The summed E-state index contributed by atoms with van der Waals surface area (Å²) in [6.45, 7) is 3.87. The van der Waals surface area contributed by atoms with E-state index in [0.717, 1.165) is 24.3 Å². The van der Waals surface area contributed by atoms with E-state index in [0.29, 0.717) is 10.5 Å². The first-order valence-corrected chi connectivity index (χ1v) is 5.39. The molecule has 2 nitrogen and oxygen atoms in total. The Bertz CT molecular complexity index is 350. The van der Waals surface area contributed by atoms with E-state index in [1.54, 1.807) is 12.1 Å². The molecule has 0 saturated carbocycles. The zero-order valence-corrected chi connectivity index (χ0v) is 9.49. The number of rotatable bonds is 2. The van der Waals surface area contributed by atoms with Crippen molar-refractivity contribution in [3.05, 3.63) is 28.0 Å². The molecule has 0 atom stereocenters. The summed E-state index contributed by atoms with van der Waals surface area (Å²) in [5, 5.41) is 6.53. The molecule has 0 spiro atoms. The number of aryl methyl sites for hydroxylation is 1. The molecule has 1 aliphatic rings. The summed E-state index contributed by atoms with van der Waals surface area (Å²) < 4.78 is 13.6. The normalized spacial score (nSPS) is 16.5. The predicted octanol–water partition coefficient (Wildman–Crippen LogP) is 2.28. The van der Waals surface area contributed by atoms with Gasteiger partial charge in [-0.1, -0.05) is 0 Å². The van der Waals surface area contributed by atoms with Crippen molar-refractivity contribution >= 4 is 21.6 Å². The number of hydrogen-bond acceptors (Lipinski definition) is 2. The van der Waals surface area contributed by atoms with Gasteiger partial charge in [0.15, 0.2) is 0 Å². The van der Waals surface area contributed by atoms with E-state index in [1.807, 2.05) is 6.92 Å². The molecule has 1 aromatic rings. The predicted molar refractivity (Wildman–Crippen MR) is 59.1 cm³/mol. The van der Waals surface area contributed by atoms with Gasteiger partial charge in [0.25, 0.3) is 0 Å². The second kappa shape index (κ2) is 3.87. The van der Waals surface area contributed by atoms with Gasteiger partial charge in [-0.25, -0.2) is 4.39 Å². The van der Waals surface area contributed by atoms with Crippen LogP contribution in [0.25, 0.3) is 0 Å². The lowest BCUT2D eigenvalue weighted by Gasteiger charge is -2.29. The number of anilines is 1. The van der Waals surface area contributed by atoms with Crippen molar-refractivity contribution in [3.63, 3.8) is 0 Å². The molecular weight excluding hydrogens is 247 g/mol. The first-order valence-electron chi connectivity index (χ1n) is 4.59. The van der Waals surface area contributed by atoms with Crippen LogP contribution in [0, 0.1) is 12.7 Å². The van der Waals surface area contributed by atoms with Gasteiger partial charge in [-0.2, -0.15) is 0 Å². The highest BCUT2D eigenvalue weighted by molar-refractivity contribution is 9.10. The molecule has 0 unspecified atom stereocenters. The van der Waals surface area contributed by atoms with Crippen molar-refractivity contribution < 1.29 is 4.39 Å². The Morgan fingerprint density at radius 3 is 2.79 bits per heavy atom. The van der Waals surface area contributed by atoms with E-state index < -0.39 is 0 Å². The van der Waals surface area contributed by atoms with Crippen molar-refractivity contribution in [2.24, 2.45) is 0 Å². The lowest BCUT2D eigenvalue weighted by molar-refractivity contribution is 0.472. The van der Waals surface area contributed by atoms with Gasteiger partial charge in [0.2, 0.25) is 0 Å². The molecule has 0 radical (unpaired) electrons. The summed E-state index contributed by atoms with van der Waals surface area (Å²) in [4.78, 5) is 0. The van der Waals surface area contributed by atoms with Gasteiger partial charge in [-0.05, 0) is 40.5 Å². The lowest BCUT2D eigenvalue weighted by atomic mass is 10.1. The lowest BCUT2D eigenvalue weighted by Crippen LogP contribution is -2.51. The molecule has 2 rings (SSSR count). The van der Waals surface area contributed by atoms with Gasteiger partial charge >= 0.3 is 0 Å². The average Bonchev–Trinajstić information content (AvgIpc) is 2.06. The summed E-state index contributed by atoms with van der Waals surface area (Å²) in [5.41, 5.74) is 1.95. The molecule has 1 fully saturated rings. The zero-order valence-electron chi connectivity index (χ0n) is 7.90. The maximum absolute atomic E-state index is 13.1. The van der Waals surface area contributed by atoms with Gasteiger partial charge in [0.1, 0.15) is 5.82 Å². The summed E-state index contributed by atoms with van der Waals surface area (Å²) in [7, 11) is 0. The third-order valence-electron chi connectivity index (χ3n) is 2.41. The monoisotopic (exact) mass is 258 g/mol. The molecule has 0 aromatic heterocycles. The van der Waals surface area contributed by atoms with Crippen LogP contribution in [0.4, 0.5) is 10.1 Å². The molecule has 4 heteroatoms. The molecular formula is C10H12BrFN2. The Hall–Kier alpha value is -0.610. The van der Waals surface area contributed by atoms with E-state index in [4.69, 9.17) is 0 Å². The van der Waals surface area contributed by atoms with Crippen LogP contribution in [0.5, 0.6) is 0 Å². The van der Waals surface area contributed by atoms with Crippen molar-refractivity contribution in [3.8, 4) is 0 Å². The van der Waals surface area contributed by atoms with Crippen LogP contribution in [0.1, 0.15) is 5.56 Å². The average molecular weight is 259 g/mol. The van der Waals surface area contributed by atoms with Gasteiger partial charge in [0, 0.05) is 18.8 Å². The Morgan fingerprint density at radius 1 is 1.50 bits per heavy atom. The molecule has 1 heterocycles. The molecule has 76 valence electrons. The Balaban J connectivity index is 2.19. The van der Waals surface area contributed by atoms with E-state index in [1.165, 1.54) is 0 Å². The number of nitrogens with one attached hydrogen (secondary N) is 2. The second-order valence-electron chi connectivity index (χ2n) is 3.58. The minimum absolute atomic E-state index is 0.209.